The van der Waals surface area contributed by atoms with Gasteiger partial charge in [0.1, 0.15) is 0 Å². The molecule has 1 unspecified atom stereocenters. The summed E-state index contributed by atoms with van der Waals surface area (Å²) in [5.41, 5.74) is 0. The van der Waals surface area contributed by atoms with Crippen LogP contribution in [0, 0.1) is 5.92 Å². The summed E-state index contributed by atoms with van der Waals surface area (Å²) in [4.78, 5) is 10.8. The summed E-state index contributed by atoms with van der Waals surface area (Å²) in [5.74, 6) is -0.267. The number of nitrogens with zero attached hydrogens (tertiary/aromatic N) is 4. The molecule has 7 nitrogen and oxygen atoms in total. The predicted octanol–water partition coefficient (Wildman–Crippen LogP) is 0.288. The van der Waals surface area contributed by atoms with Gasteiger partial charge in [-0.1, -0.05) is 6.92 Å². The number of aliphatic carboxylic acids is 1. The molecule has 17 heavy (non-hydrogen) atoms. The summed E-state index contributed by atoms with van der Waals surface area (Å²) in [6, 6.07) is 0. The van der Waals surface area contributed by atoms with Crippen LogP contribution in [0.15, 0.2) is 0 Å². The molecule has 1 aliphatic rings. The fraction of sp³-hybridized carbons (Fsp3) is 0.800. The highest BCUT2D eigenvalue weighted by Crippen LogP contribution is 2.24. The Balaban J connectivity index is 2.07. The molecule has 0 amide bonds. The normalized spacial score (nSPS) is 19.1. The third-order valence-electron chi connectivity index (χ3n) is 3.01. The molecule has 1 aromatic heterocycles. The van der Waals surface area contributed by atoms with Crippen LogP contribution in [-0.4, -0.2) is 44.5 Å². The minimum atomic E-state index is -0.835. The maximum Gasteiger partial charge on any atom is 0.308 e. The lowest BCUT2D eigenvalue weighted by atomic mass is 9.99. The number of tetrazole rings is 1. The smallest absolute Gasteiger partial charge is 0.308 e. The summed E-state index contributed by atoms with van der Waals surface area (Å²) in [5, 5.41) is 20.4. The zero-order chi connectivity index (χ0) is 12.3. The molecule has 1 saturated heterocycles. The second-order valence-corrected chi connectivity index (χ2v) is 4.35. The van der Waals surface area contributed by atoms with Gasteiger partial charge in [0.05, 0.1) is 12.5 Å². The lowest BCUT2D eigenvalue weighted by Crippen LogP contribution is -2.23. The van der Waals surface area contributed by atoms with E-state index in [9.17, 15) is 4.79 Å². The van der Waals surface area contributed by atoms with Crippen molar-refractivity contribution in [1.82, 2.24) is 20.2 Å². The van der Waals surface area contributed by atoms with Gasteiger partial charge in [-0.3, -0.25) is 4.79 Å². The van der Waals surface area contributed by atoms with Gasteiger partial charge in [-0.05, 0) is 23.3 Å². The number of carbonyl (C=O) groups is 1. The molecule has 1 aromatic rings. The van der Waals surface area contributed by atoms with Gasteiger partial charge < -0.3 is 9.84 Å². The van der Waals surface area contributed by atoms with Crippen LogP contribution in [0.4, 0.5) is 0 Å². The highest BCUT2D eigenvalue weighted by atomic mass is 16.5. The molecule has 94 valence electrons. The van der Waals surface area contributed by atoms with Gasteiger partial charge in [-0.25, -0.2) is 4.68 Å². The molecule has 1 aliphatic heterocycles. The maximum absolute atomic E-state index is 10.8. The summed E-state index contributed by atoms with van der Waals surface area (Å²) in [6.45, 7) is 3.39. The first-order valence-electron chi connectivity index (χ1n) is 5.75. The van der Waals surface area contributed by atoms with E-state index in [4.69, 9.17) is 9.84 Å². The quantitative estimate of drug-likeness (QED) is 0.813. The first kappa shape index (κ1) is 12.0. The second-order valence-electron chi connectivity index (χ2n) is 4.35. The Kier molecular flexibility index (Phi) is 3.68. The Hall–Kier alpha value is -1.50. The predicted molar refractivity (Wildman–Crippen MR) is 57.4 cm³/mol. The minimum Gasteiger partial charge on any atom is -0.481 e. The lowest BCUT2D eigenvalue weighted by molar-refractivity contribution is -0.141. The van der Waals surface area contributed by atoms with Gasteiger partial charge in [0.2, 0.25) is 0 Å². The molecule has 0 aliphatic carbocycles. The molecule has 1 fully saturated rings. The minimum absolute atomic E-state index is 0.278. The number of rotatable bonds is 4. The molecule has 2 rings (SSSR count). The Morgan fingerprint density at radius 3 is 2.94 bits per heavy atom. The van der Waals surface area contributed by atoms with Crippen LogP contribution in [0.5, 0.6) is 0 Å². The van der Waals surface area contributed by atoms with Crippen molar-refractivity contribution in [2.45, 2.75) is 32.2 Å². The third-order valence-corrected chi connectivity index (χ3v) is 3.01. The standard InChI is InChI=1S/C10H16N4O3/c1-7(10(15)16)6-14-9(11-12-13-14)8-2-4-17-5-3-8/h7-8H,2-6H2,1H3,(H,15,16). The Bertz CT molecular complexity index is 387. The first-order chi connectivity index (χ1) is 8.18. The first-order valence-corrected chi connectivity index (χ1v) is 5.75. The van der Waals surface area contributed by atoms with Crippen molar-refractivity contribution in [1.29, 1.82) is 0 Å². The Morgan fingerprint density at radius 1 is 1.59 bits per heavy atom. The fourth-order valence-electron chi connectivity index (χ4n) is 1.93. The van der Waals surface area contributed by atoms with E-state index in [1.807, 2.05) is 0 Å². The monoisotopic (exact) mass is 240 g/mol. The summed E-state index contributed by atoms with van der Waals surface area (Å²) < 4.78 is 6.89. The van der Waals surface area contributed by atoms with Crippen LogP contribution >= 0.6 is 0 Å². The fourth-order valence-corrected chi connectivity index (χ4v) is 1.93. The molecule has 0 aromatic carbocycles. The third kappa shape index (κ3) is 2.79. The maximum atomic E-state index is 10.8. The van der Waals surface area contributed by atoms with Gasteiger partial charge in [-0.2, -0.15) is 0 Å². The number of hydrogen-bond acceptors (Lipinski definition) is 5. The number of carboxylic acids is 1. The average Bonchev–Trinajstić information content (AvgIpc) is 2.78. The van der Waals surface area contributed by atoms with Gasteiger partial charge in [0, 0.05) is 19.1 Å². The average molecular weight is 240 g/mol. The van der Waals surface area contributed by atoms with E-state index in [1.165, 1.54) is 0 Å². The molecule has 0 bridgehead atoms. The van der Waals surface area contributed by atoms with Crippen molar-refractivity contribution in [2.24, 2.45) is 5.92 Å². The van der Waals surface area contributed by atoms with E-state index in [0.717, 1.165) is 18.7 Å². The molecule has 0 saturated carbocycles. The summed E-state index contributed by atoms with van der Waals surface area (Å²) in [7, 11) is 0. The summed E-state index contributed by atoms with van der Waals surface area (Å²) in [6.07, 6.45) is 1.78. The van der Waals surface area contributed by atoms with Gasteiger partial charge in [-0.15, -0.1) is 5.10 Å². The SMILES string of the molecule is CC(Cn1nnnc1C1CCOCC1)C(=O)O. The topological polar surface area (TPSA) is 90.1 Å². The van der Waals surface area contributed by atoms with Crippen molar-refractivity contribution in [2.75, 3.05) is 13.2 Å². The zero-order valence-electron chi connectivity index (χ0n) is 9.74. The second kappa shape index (κ2) is 5.22. The molecule has 1 atom stereocenters. The molecule has 1 N–H and O–H groups in total. The number of carboxylic acid groups (broad SMARTS) is 1. The largest absolute Gasteiger partial charge is 0.481 e. The van der Waals surface area contributed by atoms with Crippen molar-refractivity contribution in [3.63, 3.8) is 0 Å². The summed E-state index contributed by atoms with van der Waals surface area (Å²) >= 11 is 0. The molecule has 0 radical (unpaired) electrons. The number of aromatic nitrogens is 4. The number of ether oxygens (including phenoxy) is 1. The van der Waals surface area contributed by atoms with Crippen molar-refractivity contribution in [3.8, 4) is 0 Å². The van der Waals surface area contributed by atoms with Crippen molar-refractivity contribution in [3.05, 3.63) is 5.82 Å². The van der Waals surface area contributed by atoms with E-state index >= 15 is 0 Å². The molecular weight excluding hydrogens is 224 g/mol. The molecule has 2 heterocycles. The van der Waals surface area contributed by atoms with E-state index < -0.39 is 11.9 Å². The molecule has 7 heteroatoms. The van der Waals surface area contributed by atoms with Crippen LogP contribution in [0.25, 0.3) is 0 Å². The Labute approximate surface area is 98.8 Å². The van der Waals surface area contributed by atoms with Crippen molar-refractivity contribution < 1.29 is 14.6 Å². The van der Waals surface area contributed by atoms with E-state index in [1.54, 1.807) is 11.6 Å². The highest BCUT2D eigenvalue weighted by Gasteiger charge is 2.23. The molecule has 0 spiro atoms. The van der Waals surface area contributed by atoms with E-state index in [0.29, 0.717) is 19.8 Å². The highest BCUT2D eigenvalue weighted by molar-refractivity contribution is 5.69. The van der Waals surface area contributed by atoms with Crippen LogP contribution in [0.2, 0.25) is 0 Å². The van der Waals surface area contributed by atoms with E-state index in [2.05, 4.69) is 15.5 Å². The van der Waals surface area contributed by atoms with Gasteiger partial charge in [0.25, 0.3) is 0 Å². The zero-order valence-corrected chi connectivity index (χ0v) is 9.74. The van der Waals surface area contributed by atoms with Crippen LogP contribution < -0.4 is 0 Å². The van der Waals surface area contributed by atoms with Gasteiger partial charge >= 0.3 is 5.97 Å². The van der Waals surface area contributed by atoms with Crippen molar-refractivity contribution >= 4 is 5.97 Å². The Morgan fingerprint density at radius 2 is 2.29 bits per heavy atom. The van der Waals surface area contributed by atoms with Crippen LogP contribution in [0.3, 0.4) is 0 Å². The lowest BCUT2D eigenvalue weighted by Gasteiger charge is -2.21. The van der Waals surface area contributed by atoms with Crippen LogP contribution in [0.1, 0.15) is 31.5 Å². The van der Waals surface area contributed by atoms with E-state index in [-0.39, 0.29) is 5.92 Å². The molecular formula is C10H16N4O3. The number of hydrogen-bond donors (Lipinski definition) is 1. The van der Waals surface area contributed by atoms with Gasteiger partial charge in [0.15, 0.2) is 5.82 Å². The van der Waals surface area contributed by atoms with Crippen LogP contribution in [-0.2, 0) is 16.1 Å².